The van der Waals surface area contributed by atoms with E-state index in [2.05, 4.69) is 4.98 Å². The molecule has 0 amide bonds. The van der Waals surface area contributed by atoms with Gasteiger partial charge in [-0.15, -0.1) is 0 Å². The van der Waals surface area contributed by atoms with Gasteiger partial charge in [0.15, 0.2) is 9.84 Å². The van der Waals surface area contributed by atoms with E-state index < -0.39 is 9.84 Å². The van der Waals surface area contributed by atoms with Crippen LogP contribution in [0.2, 0.25) is 0 Å². The van der Waals surface area contributed by atoms with E-state index in [4.69, 9.17) is 0 Å². The van der Waals surface area contributed by atoms with Gasteiger partial charge in [-0.2, -0.15) is 0 Å². The molecule has 0 spiro atoms. The maximum absolute atomic E-state index is 11.8. The average molecular weight is 251 g/mol. The van der Waals surface area contributed by atoms with Gasteiger partial charge in [-0.25, -0.2) is 8.42 Å². The van der Waals surface area contributed by atoms with Crippen LogP contribution in [0.15, 0.2) is 24.3 Å². The summed E-state index contributed by atoms with van der Waals surface area (Å²) in [5.74, 6) is 0.0821. The molecule has 0 radical (unpaired) electrons. The molecule has 0 bridgehead atoms. The summed E-state index contributed by atoms with van der Waals surface area (Å²) in [4.78, 5) is 3.17. The Morgan fingerprint density at radius 1 is 1.29 bits per heavy atom. The predicted molar refractivity (Wildman–Crippen MR) is 70.8 cm³/mol. The molecule has 0 aliphatic carbocycles. The van der Waals surface area contributed by atoms with Crippen LogP contribution in [0, 0.1) is 6.92 Å². The highest BCUT2D eigenvalue weighted by Gasteiger charge is 2.18. The molecule has 2 rings (SSSR count). The first-order valence-corrected chi connectivity index (χ1v) is 7.40. The summed E-state index contributed by atoms with van der Waals surface area (Å²) >= 11 is 0. The maximum Gasteiger partial charge on any atom is 0.158 e. The van der Waals surface area contributed by atoms with Crippen molar-refractivity contribution in [3.8, 4) is 0 Å². The minimum atomic E-state index is -3.04. The van der Waals surface area contributed by atoms with Crippen molar-refractivity contribution in [2.45, 2.75) is 31.8 Å². The van der Waals surface area contributed by atoms with Gasteiger partial charge in [-0.1, -0.05) is 12.1 Å². The van der Waals surface area contributed by atoms with Gasteiger partial charge in [-0.3, -0.25) is 0 Å². The largest absolute Gasteiger partial charge is 0.358 e. The Morgan fingerprint density at radius 3 is 2.59 bits per heavy atom. The van der Waals surface area contributed by atoms with Crippen molar-refractivity contribution in [3.05, 3.63) is 35.5 Å². The van der Waals surface area contributed by atoms with Gasteiger partial charge in [0.2, 0.25) is 0 Å². The Morgan fingerprint density at radius 2 is 2.00 bits per heavy atom. The Labute approximate surface area is 102 Å². The van der Waals surface area contributed by atoms with Crippen LogP contribution in [0.1, 0.15) is 25.1 Å². The highest BCUT2D eigenvalue weighted by atomic mass is 32.2. The molecule has 2 aromatic rings. The highest BCUT2D eigenvalue weighted by molar-refractivity contribution is 7.91. The van der Waals surface area contributed by atoms with E-state index in [0.717, 1.165) is 22.2 Å². The molecular formula is C13H17NO2S. The molecule has 0 aliphatic rings. The average Bonchev–Trinajstić information content (AvgIpc) is 2.60. The SMILES string of the molecule is Cc1cccc2[nH]c(CS(=O)(=O)C(C)C)cc12. The number of hydrogen-bond donors (Lipinski definition) is 1. The molecule has 0 atom stereocenters. The van der Waals surface area contributed by atoms with E-state index in [1.54, 1.807) is 13.8 Å². The molecule has 92 valence electrons. The van der Waals surface area contributed by atoms with Gasteiger partial charge in [-0.05, 0) is 38.5 Å². The molecule has 0 fully saturated rings. The minimum Gasteiger partial charge on any atom is -0.358 e. The quantitative estimate of drug-likeness (QED) is 0.912. The number of benzene rings is 1. The Bertz CT molecular complexity index is 638. The second kappa shape index (κ2) is 4.18. The molecule has 4 heteroatoms. The number of fused-ring (bicyclic) bond motifs is 1. The van der Waals surface area contributed by atoms with Gasteiger partial charge in [0, 0.05) is 16.6 Å². The van der Waals surface area contributed by atoms with Crippen LogP contribution in [0.3, 0.4) is 0 Å². The lowest BCUT2D eigenvalue weighted by Crippen LogP contribution is -2.16. The zero-order valence-electron chi connectivity index (χ0n) is 10.3. The fraction of sp³-hybridized carbons (Fsp3) is 0.385. The molecule has 1 N–H and O–H groups in total. The van der Waals surface area contributed by atoms with E-state index >= 15 is 0 Å². The van der Waals surface area contributed by atoms with E-state index in [0.29, 0.717) is 0 Å². The van der Waals surface area contributed by atoms with Crippen molar-refractivity contribution >= 4 is 20.7 Å². The predicted octanol–water partition coefficient (Wildman–Crippen LogP) is 2.80. The molecule has 17 heavy (non-hydrogen) atoms. The van der Waals surface area contributed by atoms with Crippen LogP contribution in [0.25, 0.3) is 10.9 Å². The second-order valence-electron chi connectivity index (χ2n) is 4.69. The minimum absolute atomic E-state index is 0.0821. The topological polar surface area (TPSA) is 49.9 Å². The van der Waals surface area contributed by atoms with Gasteiger partial charge in [0.05, 0.1) is 11.0 Å². The summed E-state index contributed by atoms with van der Waals surface area (Å²) in [6.07, 6.45) is 0. The number of aryl methyl sites for hydroxylation is 1. The third-order valence-corrected chi connectivity index (χ3v) is 5.16. The number of rotatable bonds is 3. The zero-order chi connectivity index (χ0) is 12.6. The molecule has 1 aromatic heterocycles. The summed E-state index contributed by atoms with van der Waals surface area (Å²) in [5, 5.41) is 0.761. The van der Waals surface area contributed by atoms with Gasteiger partial charge < -0.3 is 4.98 Å². The van der Waals surface area contributed by atoms with Crippen molar-refractivity contribution in [1.29, 1.82) is 0 Å². The van der Waals surface area contributed by atoms with Gasteiger partial charge >= 0.3 is 0 Å². The molecule has 1 aromatic carbocycles. The fourth-order valence-electron chi connectivity index (χ4n) is 1.83. The van der Waals surface area contributed by atoms with E-state index in [1.807, 2.05) is 31.2 Å². The lowest BCUT2D eigenvalue weighted by molar-refractivity contribution is 0.586. The highest BCUT2D eigenvalue weighted by Crippen LogP contribution is 2.21. The maximum atomic E-state index is 11.8. The first-order chi connectivity index (χ1) is 7.90. The lowest BCUT2D eigenvalue weighted by atomic mass is 10.1. The summed E-state index contributed by atoms with van der Waals surface area (Å²) in [5.41, 5.74) is 2.92. The van der Waals surface area contributed by atoms with Crippen LogP contribution in [-0.4, -0.2) is 18.7 Å². The van der Waals surface area contributed by atoms with E-state index in [1.165, 1.54) is 0 Å². The smallest absolute Gasteiger partial charge is 0.158 e. The first-order valence-electron chi connectivity index (χ1n) is 5.69. The summed E-state index contributed by atoms with van der Waals surface area (Å²) in [6, 6.07) is 7.89. The molecular weight excluding hydrogens is 234 g/mol. The summed E-state index contributed by atoms with van der Waals surface area (Å²) in [7, 11) is -3.04. The molecule has 0 saturated carbocycles. The van der Waals surface area contributed by atoms with Crippen LogP contribution in [0.4, 0.5) is 0 Å². The number of H-pyrrole nitrogens is 1. The Balaban J connectivity index is 2.42. The van der Waals surface area contributed by atoms with E-state index in [-0.39, 0.29) is 11.0 Å². The number of sulfone groups is 1. The van der Waals surface area contributed by atoms with Gasteiger partial charge in [0.1, 0.15) is 0 Å². The number of aromatic nitrogens is 1. The van der Waals surface area contributed by atoms with Crippen LogP contribution < -0.4 is 0 Å². The number of nitrogens with one attached hydrogen (secondary N) is 1. The normalized spacial score (nSPS) is 12.5. The van der Waals surface area contributed by atoms with Crippen molar-refractivity contribution in [1.82, 2.24) is 4.98 Å². The van der Waals surface area contributed by atoms with Crippen molar-refractivity contribution in [2.24, 2.45) is 0 Å². The molecule has 0 aliphatic heterocycles. The molecule has 0 unspecified atom stereocenters. The van der Waals surface area contributed by atoms with Crippen molar-refractivity contribution in [3.63, 3.8) is 0 Å². The third kappa shape index (κ3) is 2.36. The van der Waals surface area contributed by atoms with Crippen molar-refractivity contribution < 1.29 is 8.42 Å². The standard InChI is InChI=1S/C13H17NO2S/c1-9(2)17(15,16)8-11-7-12-10(3)5-4-6-13(12)14-11/h4-7,9,14H,8H2,1-3H3. The Hall–Kier alpha value is -1.29. The van der Waals surface area contributed by atoms with Crippen LogP contribution >= 0.6 is 0 Å². The lowest BCUT2D eigenvalue weighted by Gasteiger charge is -2.05. The summed E-state index contributed by atoms with van der Waals surface area (Å²) < 4.78 is 23.7. The van der Waals surface area contributed by atoms with Crippen LogP contribution in [-0.2, 0) is 15.6 Å². The summed E-state index contributed by atoms with van der Waals surface area (Å²) in [6.45, 7) is 5.45. The second-order valence-corrected chi connectivity index (χ2v) is 7.24. The third-order valence-electron chi connectivity index (χ3n) is 3.01. The monoisotopic (exact) mass is 251 g/mol. The molecule has 1 heterocycles. The van der Waals surface area contributed by atoms with Crippen LogP contribution in [0.5, 0.6) is 0 Å². The Kier molecular flexibility index (Phi) is 3.00. The zero-order valence-corrected chi connectivity index (χ0v) is 11.1. The van der Waals surface area contributed by atoms with Gasteiger partial charge in [0.25, 0.3) is 0 Å². The number of aromatic amines is 1. The molecule has 0 saturated heterocycles. The van der Waals surface area contributed by atoms with E-state index in [9.17, 15) is 8.42 Å². The van der Waals surface area contributed by atoms with Crippen molar-refractivity contribution in [2.75, 3.05) is 0 Å². The first kappa shape index (κ1) is 12.2. The fourth-order valence-corrected chi connectivity index (χ4v) is 2.75. The number of hydrogen-bond acceptors (Lipinski definition) is 2. The molecule has 3 nitrogen and oxygen atoms in total.